The first kappa shape index (κ1) is 7.94. The van der Waals surface area contributed by atoms with Crippen LogP contribution in [0.3, 0.4) is 0 Å². The van der Waals surface area contributed by atoms with Gasteiger partial charge in [0.1, 0.15) is 5.75 Å². The highest BCUT2D eigenvalue weighted by atomic mass is 16.7. The normalized spacial score (nSPS) is 22.8. The molecule has 4 heteroatoms. The molecule has 0 aromatic heterocycles. The summed E-state index contributed by atoms with van der Waals surface area (Å²) in [4.78, 5) is 0. The molecule has 0 fully saturated rings. The van der Waals surface area contributed by atoms with E-state index < -0.39 is 0 Å². The number of rotatable bonds is 0. The molecule has 1 atom stereocenters. The maximum absolute atomic E-state index is 5.96. The molecule has 0 saturated carbocycles. The Morgan fingerprint density at radius 1 is 1.07 bits per heavy atom. The van der Waals surface area contributed by atoms with E-state index in [9.17, 15) is 0 Å². The Labute approximate surface area is 81.6 Å². The molecule has 14 heavy (non-hydrogen) atoms. The average molecular weight is 193 g/mol. The molecule has 2 aliphatic heterocycles. The molecule has 0 aliphatic carbocycles. The number of nitrogens with two attached hydrogens (primary N) is 1. The lowest BCUT2D eigenvalue weighted by molar-refractivity contribution is 0.174. The van der Waals surface area contributed by atoms with Crippen molar-refractivity contribution in [3.8, 4) is 17.2 Å². The van der Waals surface area contributed by atoms with Crippen LogP contribution in [0.15, 0.2) is 12.1 Å². The van der Waals surface area contributed by atoms with Gasteiger partial charge in [0.2, 0.25) is 6.79 Å². The molecule has 3 rings (SSSR count). The van der Waals surface area contributed by atoms with Gasteiger partial charge in [-0.05, 0) is 6.07 Å². The summed E-state index contributed by atoms with van der Waals surface area (Å²) < 4.78 is 16.0. The minimum absolute atomic E-state index is 0.0493. The van der Waals surface area contributed by atoms with Gasteiger partial charge >= 0.3 is 0 Å². The lowest BCUT2D eigenvalue weighted by atomic mass is 10.0. The number of hydrogen-bond acceptors (Lipinski definition) is 4. The fourth-order valence-electron chi connectivity index (χ4n) is 1.81. The molecule has 2 aliphatic rings. The number of benzene rings is 1. The summed E-state index contributed by atoms with van der Waals surface area (Å²) >= 11 is 0. The number of hydrogen-bond donors (Lipinski definition) is 1. The van der Waals surface area contributed by atoms with E-state index in [1.807, 2.05) is 12.1 Å². The van der Waals surface area contributed by atoms with Crippen LogP contribution in [0.5, 0.6) is 17.2 Å². The first-order valence-electron chi connectivity index (χ1n) is 4.66. The fraction of sp³-hybridized carbons (Fsp3) is 0.400. The summed E-state index contributed by atoms with van der Waals surface area (Å²) in [5, 5.41) is 0. The van der Waals surface area contributed by atoms with Crippen molar-refractivity contribution in [1.82, 2.24) is 0 Å². The van der Waals surface area contributed by atoms with Gasteiger partial charge < -0.3 is 19.9 Å². The van der Waals surface area contributed by atoms with Crippen molar-refractivity contribution in [2.45, 2.75) is 12.5 Å². The largest absolute Gasteiger partial charge is 0.493 e. The van der Waals surface area contributed by atoms with Gasteiger partial charge in [-0.1, -0.05) is 0 Å². The summed E-state index contributed by atoms with van der Waals surface area (Å²) in [5.41, 5.74) is 6.98. The van der Waals surface area contributed by atoms with Crippen LogP contribution in [-0.4, -0.2) is 13.4 Å². The quantitative estimate of drug-likeness (QED) is 0.672. The van der Waals surface area contributed by atoms with E-state index in [1.54, 1.807) is 0 Å². The van der Waals surface area contributed by atoms with E-state index in [4.69, 9.17) is 19.9 Å². The predicted octanol–water partition coefficient (Wildman–Crippen LogP) is 1.20. The minimum Gasteiger partial charge on any atom is -0.493 e. The van der Waals surface area contributed by atoms with E-state index >= 15 is 0 Å². The highest BCUT2D eigenvalue weighted by Gasteiger charge is 2.23. The second-order valence-corrected chi connectivity index (χ2v) is 3.49. The minimum atomic E-state index is 0.0493. The van der Waals surface area contributed by atoms with Crippen LogP contribution in [-0.2, 0) is 0 Å². The van der Waals surface area contributed by atoms with Crippen LogP contribution >= 0.6 is 0 Å². The van der Waals surface area contributed by atoms with E-state index in [0.29, 0.717) is 6.61 Å². The zero-order valence-corrected chi connectivity index (χ0v) is 7.66. The summed E-state index contributed by atoms with van der Waals surface area (Å²) in [6.07, 6.45) is 0.854. The molecule has 0 saturated heterocycles. The Balaban J connectivity index is 2.12. The first-order chi connectivity index (χ1) is 6.84. The highest BCUT2D eigenvalue weighted by Crippen LogP contribution is 2.42. The van der Waals surface area contributed by atoms with Crippen LogP contribution in [0, 0.1) is 0 Å². The third-order valence-corrected chi connectivity index (χ3v) is 2.59. The van der Waals surface area contributed by atoms with Gasteiger partial charge in [0.05, 0.1) is 6.61 Å². The van der Waals surface area contributed by atoms with Crippen LogP contribution in [0.25, 0.3) is 0 Å². The topological polar surface area (TPSA) is 53.7 Å². The fourth-order valence-corrected chi connectivity index (χ4v) is 1.81. The number of ether oxygens (including phenoxy) is 3. The van der Waals surface area contributed by atoms with Gasteiger partial charge in [0.15, 0.2) is 11.5 Å². The van der Waals surface area contributed by atoms with E-state index in [2.05, 4.69) is 0 Å². The molecule has 2 N–H and O–H groups in total. The molecule has 0 bridgehead atoms. The molecule has 74 valence electrons. The summed E-state index contributed by atoms with van der Waals surface area (Å²) in [6, 6.07) is 3.83. The third kappa shape index (κ3) is 1.04. The van der Waals surface area contributed by atoms with Crippen molar-refractivity contribution in [3.05, 3.63) is 17.7 Å². The molecule has 1 aromatic carbocycles. The standard InChI is InChI=1S/C10H11NO3/c11-7-1-2-12-8-4-10-9(3-6(7)8)13-5-14-10/h3-4,7H,1-2,5,11H2/t7-/m0/s1. The van der Waals surface area contributed by atoms with Gasteiger partial charge in [-0.15, -0.1) is 0 Å². The molecular formula is C10H11NO3. The summed E-state index contributed by atoms with van der Waals surface area (Å²) in [7, 11) is 0. The first-order valence-corrected chi connectivity index (χ1v) is 4.66. The van der Waals surface area contributed by atoms with Gasteiger partial charge in [-0.3, -0.25) is 0 Å². The molecule has 2 heterocycles. The second kappa shape index (κ2) is 2.78. The Morgan fingerprint density at radius 2 is 1.86 bits per heavy atom. The van der Waals surface area contributed by atoms with Crippen LogP contribution in [0.1, 0.15) is 18.0 Å². The van der Waals surface area contributed by atoms with Gasteiger partial charge in [-0.25, -0.2) is 0 Å². The Hall–Kier alpha value is -1.42. The molecule has 0 unspecified atom stereocenters. The van der Waals surface area contributed by atoms with Crippen molar-refractivity contribution < 1.29 is 14.2 Å². The second-order valence-electron chi connectivity index (χ2n) is 3.49. The maximum Gasteiger partial charge on any atom is 0.231 e. The zero-order chi connectivity index (χ0) is 9.54. The van der Waals surface area contributed by atoms with Crippen molar-refractivity contribution in [3.63, 3.8) is 0 Å². The highest BCUT2D eigenvalue weighted by molar-refractivity contribution is 5.53. The van der Waals surface area contributed by atoms with Crippen LogP contribution in [0.2, 0.25) is 0 Å². The van der Waals surface area contributed by atoms with E-state index in [0.717, 1.165) is 29.2 Å². The molecule has 0 spiro atoms. The molecule has 4 nitrogen and oxygen atoms in total. The molecule has 0 radical (unpaired) electrons. The lowest BCUT2D eigenvalue weighted by Gasteiger charge is -2.22. The SMILES string of the molecule is N[C@H]1CCOc2cc3c(cc21)OCO3. The van der Waals surface area contributed by atoms with E-state index in [1.165, 1.54) is 0 Å². The number of fused-ring (bicyclic) bond motifs is 2. The van der Waals surface area contributed by atoms with Crippen LogP contribution in [0.4, 0.5) is 0 Å². The van der Waals surface area contributed by atoms with Crippen molar-refractivity contribution in [1.29, 1.82) is 0 Å². The Morgan fingerprint density at radius 3 is 2.71 bits per heavy atom. The third-order valence-electron chi connectivity index (χ3n) is 2.59. The van der Waals surface area contributed by atoms with Gasteiger partial charge in [-0.2, -0.15) is 0 Å². The molecule has 0 amide bonds. The summed E-state index contributed by atoms with van der Waals surface area (Å²) in [5.74, 6) is 2.34. The van der Waals surface area contributed by atoms with Gasteiger partial charge in [0, 0.05) is 24.1 Å². The van der Waals surface area contributed by atoms with E-state index in [-0.39, 0.29) is 12.8 Å². The molecular weight excluding hydrogens is 182 g/mol. The van der Waals surface area contributed by atoms with Gasteiger partial charge in [0.25, 0.3) is 0 Å². The lowest BCUT2D eigenvalue weighted by Crippen LogP contribution is -2.20. The Bertz CT molecular complexity index is 378. The summed E-state index contributed by atoms with van der Waals surface area (Å²) in [6.45, 7) is 0.960. The monoisotopic (exact) mass is 193 g/mol. The molecule has 1 aromatic rings. The van der Waals surface area contributed by atoms with Crippen molar-refractivity contribution in [2.24, 2.45) is 5.73 Å². The van der Waals surface area contributed by atoms with Crippen LogP contribution < -0.4 is 19.9 Å². The Kier molecular flexibility index (Phi) is 1.58. The predicted molar refractivity (Wildman–Crippen MR) is 49.6 cm³/mol. The average Bonchev–Trinajstić information content (AvgIpc) is 2.62. The smallest absolute Gasteiger partial charge is 0.231 e. The van der Waals surface area contributed by atoms with Crippen molar-refractivity contribution in [2.75, 3.05) is 13.4 Å². The van der Waals surface area contributed by atoms with Crippen molar-refractivity contribution >= 4 is 0 Å². The maximum atomic E-state index is 5.96. The zero-order valence-electron chi connectivity index (χ0n) is 7.66.